The molecule has 0 heterocycles. The van der Waals surface area contributed by atoms with Crippen LogP contribution in [0.1, 0.15) is 11.1 Å². The maximum atomic E-state index is 8.65. The third-order valence-corrected chi connectivity index (χ3v) is 2.71. The Hall–Kier alpha value is -1.24. The van der Waals surface area contributed by atoms with Crippen molar-refractivity contribution >= 4 is 17.8 Å². The van der Waals surface area contributed by atoms with Gasteiger partial charge in [-0.05, 0) is 24.0 Å². The van der Waals surface area contributed by atoms with Crippen LogP contribution in [0.3, 0.4) is 0 Å². The Bertz CT molecular complexity index is 363. The van der Waals surface area contributed by atoms with Crippen molar-refractivity contribution in [3.63, 3.8) is 0 Å². The van der Waals surface area contributed by atoms with Crippen LogP contribution in [0.25, 0.3) is 6.08 Å². The summed E-state index contributed by atoms with van der Waals surface area (Å²) in [5.74, 6) is 1.14. The molecule has 0 fully saturated rings. The van der Waals surface area contributed by atoms with Crippen molar-refractivity contribution < 1.29 is 0 Å². The lowest BCUT2D eigenvalue weighted by Crippen LogP contribution is -2.16. The number of benzene rings is 1. The van der Waals surface area contributed by atoms with Gasteiger partial charge in [-0.3, -0.25) is 0 Å². The summed E-state index contributed by atoms with van der Waals surface area (Å²) in [5, 5.41) is 12.0. The number of nitrogens with zero attached hydrogens (tertiary/aromatic N) is 1. The molecule has 0 amide bonds. The van der Waals surface area contributed by atoms with E-state index < -0.39 is 0 Å². The first-order valence-electron chi connectivity index (χ1n) is 5.23. The molecule has 0 saturated heterocycles. The van der Waals surface area contributed by atoms with Crippen molar-refractivity contribution in [3.8, 4) is 6.07 Å². The predicted molar refractivity (Wildman–Crippen MR) is 71.4 cm³/mol. The monoisotopic (exact) mass is 232 g/mol. The van der Waals surface area contributed by atoms with E-state index in [1.165, 1.54) is 0 Å². The van der Waals surface area contributed by atoms with Crippen LogP contribution >= 0.6 is 11.8 Å². The molecule has 1 rings (SSSR count). The first-order chi connectivity index (χ1) is 7.86. The molecule has 0 aliphatic rings. The fraction of sp³-hybridized carbons (Fsp3) is 0.308. The molecular formula is C13H16N2S. The maximum absolute atomic E-state index is 8.65. The summed E-state index contributed by atoms with van der Waals surface area (Å²) in [7, 11) is 0. The number of rotatable bonds is 6. The molecule has 16 heavy (non-hydrogen) atoms. The van der Waals surface area contributed by atoms with E-state index in [1.807, 2.05) is 36.0 Å². The summed E-state index contributed by atoms with van der Waals surface area (Å²) < 4.78 is 0. The number of hydrogen-bond acceptors (Lipinski definition) is 3. The zero-order valence-electron chi connectivity index (χ0n) is 9.44. The van der Waals surface area contributed by atoms with Gasteiger partial charge in [0.15, 0.2) is 0 Å². The van der Waals surface area contributed by atoms with Crippen molar-refractivity contribution in [3.05, 3.63) is 41.5 Å². The van der Waals surface area contributed by atoms with Crippen LogP contribution in [-0.2, 0) is 0 Å². The molecule has 0 spiro atoms. The summed E-state index contributed by atoms with van der Waals surface area (Å²) in [5.41, 5.74) is 1.83. The van der Waals surface area contributed by atoms with Gasteiger partial charge in [0.25, 0.3) is 0 Å². The largest absolute Gasteiger partial charge is 0.312 e. The smallest absolute Gasteiger partial charge is 0.0991 e. The minimum Gasteiger partial charge on any atom is -0.312 e. The van der Waals surface area contributed by atoms with E-state index in [-0.39, 0.29) is 0 Å². The molecule has 0 atom stereocenters. The highest BCUT2D eigenvalue weighted by molar-refractivity contribution is 7.98. The minimum atomic E-state index is 0.704. The summed E-state index contributed by atoms with van der Waals surface area (Å²) >= 11 is 1.84. The van der Waals surface area contributed by atoms with Crippen LogP contribution in [0.2, 0.25) is 0 Å². The molecule has 0 unspecified atom stereocenters. The zero-order valence-corrected chi connectivity index (χ0v) is 10.3. The van der Waals surface area contributed by atoms with Crippen LogP contribution in [-0.4, -0.2) is 25.1 Å². The van der Waals surface area contributed by atoms with Gasteiger partial charge in [-0.25, -0.2) is 0 Å². The molecule has 0 radical (unpaired) electrons. The molecule has 0 aromatic heterocycles. The van der Waals surface area contributed by atoms with E-state index in [2.05, 4.69) is 29.8 Å². The van der Waals surface area contributed by atoms with E-state index in [1.54, 1.807) is 0 Å². The Labute approximate surface area is 101 Å². The van der Waals surface area contributed by atoms with Gasteiger partial charge < -0.3 is 5.32 Å². The van der Waals surface area contributed by atoms with Crippen molar-refractivity contribution in [1.29, 1.82) is 5.26 Å². The molecule has 0 bridgehead atoms. The lowest BCUT2D eigenvalue weighted by molar-refractivity contribution is 0.808. The Morgan fingerprint density at radius 1 is 1.38 bits per heavy atom. The maximum Gasteiger partial charge on any atom is 0.0991 e. The van der Waals surface area contributed by atoms with Crippen LogP contribution in [0.4, 0.5) is 0 Å². The standard InChI is InChI=1S/C13H16N2S/c1-16-10-9-15-8-2-3-12-4-6-13(11-14)7-5-12/h2-7,15H,8-10H2,1H3/b3-2+. The molecular weight excluding hydrogens is 216 g/mol. The van der Waals surface area contributed by atoms with Crippen LogP contribution in [0.15, 0.2) is 30.3 Å². The van der Waals surface area contributed by atoms with Crippen LogP contribution < -0.4 is 5.32 Å². The second-order valence-corrected chi connectivity index (χ2v) is 4.32. The lowest BCUT2D eigenvalue weighted by atomic mass is 10.1. The SMILES string of the molecule is CSCCNC/C=C/c1ccc(C#N)cc1. The van der Waals surface area contributed by atoms with Crippen LogP contribution in [0.5, 0.6) is 0 Å². The van der Waals surface area contributed by atoms with Crippen LogP contribution in [0, 0.1) is 11.3 Å². The summed E-state index contributed by atoms with van der Waals surface area (Å²) in [6, 6.07) is 9.68. The summed E-state index contributed by atoms with van der Waals surface area (Å²) in [6.45, 7) is 1.93. The van der Waals surface area contributed by atoms with E-state index >= 15 is 0 Å². The average Bonchev–Trinajstić information content (AvgIpc) is 2.34. The van der Waals surface area contributed by atoms with Gasteiger partial charge in [-0.15, -0.1) is 0 Å². The third kappa shape index (κ3) is 5.01. The van der Waals surface area contributed by atoms with Gasteiger partial charge in [0.1, 0.15) is 0 Å². The number of hydrogen-bond donors (Lipinski definition) is 1. The topological polar surface area (TPSA) is 35.8 Å². The lowest BCUT2D eigenvalue weighted by Gasteiger charge is -1.98. The summed E-state index contributed by atoms with van der Waals surface area (Å²) in [4.78, 5) is 0. The number of thioether (sulfide) groups is 1. The molecule has 84 valence electrons. The van der Waals surface area contributed by atoms with Gasteiger partial charge in [0.2, 0.25) is 0 Å². The fourth-order valence-corrected chi connectivity index (χ4v) is 1.57. The van der Waals surface area contributed by atoms with E-state index in [0.717, 1.165) is 24.4 Å². The minimum absolute atomic E-state index is 0.704. The van der Waals surface area contributed by atoms with Crippen molar-refractivity contribution in [1.82, 2.24) is 5.32 Å². The molecule has 0 saturated carbocycles. The highest BCUT2D eigenvalue weighted by Crippen LogP contribution is 2.04. The molecule has 0 aliphatic heterocycles. The van der Waals surface area contributed by atoms with Crippen molar-refractivity contribution in [2.75, 3.05) is 25.1 Å². The second-order valence-electron chi connectivity index (χ2n) is 3.33. The Kier molecular flexibility index (Phi) is 6.39. The van der Waals surface area contributed by atoms with Gasteiger partial charge in [0.05, 0.1) is 11.6 Å². The van der Waals surface area contributed by atoms with Gasteiger partial charge in [-0.1, -0.05) is 24.3 Å². The first kappa shape index (κ1) is 12.8. The molecule has 1 aromatic carbocycles. The van der Waals surface area contributed by atoms with E-state index in [9.17, 15) is 0 Å². The fourth-order valence-electron chi connectivity index (χ4n) is 1.22. The molecule has 2 nitrogen and oxygen atoms in total. The Balaban J connectivity index is 2.30. The molecule has 1 N–H and O–H groups in total. The number of nitrogens with one attached hydrogen (secondary N) is 1. The Morgan fingerprint density at radius 2 is 2.12 bits per heavy atom. The zero-order chi connectivity index (χ0) is 11.6. The Morgan fingerprint density at radius 3 is 2.75 bits per heavy atom. The molecule has 3 heteroatoms. The number of nitriles is 1. The predicted octanol–water partition coefficient (Wildman–Crippen LogP) is 2.52. The third-order valence-electron chi connectivity index (χ3n) is 2.10. The van der Waals surface area contributed by atoms with Gasteiger partial charge in [0, 0.05) is 18.8 Å². The second kappa shape index (κ2) is 7.98. The quantitative estimate of drug-likeness (QED) is 0.766. The van der Waals surface area contributed by atoms with Crippen molar-refractivity contribution in [2.24, 2.45) is 0 Å². The highest BCUT2D eigenvalue weighted by atomic mass is 32.2. The molecule has 1 aromatic rings. The molecule has 0 aliphatic carbocycles. The average molecular weight is 232 g/mol. The normalized spacial score (nSPS) is 10.5. The van der Waals surface area contributed by atoms with Crippen molar-refractivity contribution in [2.45, 2.75) is 0 Å². The van der Waals surface area contributed by atoms with E-state index in [0.29, 0.717) is 5.56 Å². The van der Waals surface area contributed by atoms with E-state index in [4.69, 9.17) is 5.26 Å². The van der Waals surface area contributed by atoms with Gasteiger partial charge >= 0.3 is 0 Å². The summed E-state index contributed by atoms with van der Waals surface area (Å²) in [6.07, 6.45) is 6.27. The first-order valence-corrected chi connectivity index (χ1v) is 6.62. The highest BCUT2D eigenvalue weighted by Gasteiger charge is 1.89. The van der Waals surface area contributed by atoms with Gasteiger partial charge in [-0.2, -0.15) is 17.0 Å².